The van der Waals surface area contributed by atoms with Gasteiger partial charge in [0.2, 0.25) is 0 Å². The summed E-state index contributed by atoms with van der Waals surface area (Å²) < 4.78 is 21.6. The second kappa shape index (κ2) is 2.91. The highest BCUT2D eigenvalue weighted by molar-refractivity contribution is 7.84. The minimum atomic E-state index is -1.07. The minimum absolute atomic E-state index is 0.0278. The van der Waals surface area contributed by atoms with Crippen LogP contribution in [0.4, 0.5) is 4.39 Å². The molecule has 0 amide bonds. The van der Waals surface area contributed by atoms with E-state index in [-0.39, 0.29) is 5.75 Å². The van der Waals surface area contributed by atoms with Gasteiger partial charge in [0.15, 0.2) is 0 Å². The Kier molecular flexibility index (Phi) is 2.83. The van der Waals surface area contributed by atoms with Gasteiger partial charge in [0, 0.05) is 17.1 Å². The van der Waals surface area contributed by atoms with Crippen LogP contribution in [-0.4, -0.2) is 16.2 Å². The Labute approximate surface area is 44.7 Å². The molecule has 0 aliphatic heterocycles. The second-order valence-corrected chi connectivity index (χ2v) is 2.67. The van der Waals surface area contributed by atoms with E-state index in [1.165, 1.54) is 6.26 Å². The van der Waals surface area contributed by atoms with Crippen LogP contribution in [0.15, 0.2) is 12.4 Å². The fourth-order valence-electron chi connectivity index (χ4n) is 0.221. The first-order valence-electron chi connectivity index (χ1n) is 1.76. The van der Waals surface area contributed by atoms with Crippen molar-refractivity contribution in [2.75, 3.05) is 12.0 Å². The fourth-order valence-corrected chi connectivity index (χ4v) is 0.662. The topological polar surface area (TPSA) is 17.1 Å². The molecular weight excluding hydrogens is 115 g/mol. The number of hydrogen-bond donors (Lipinski definition) is 0. The van der Waals surface area contributed by atoms with Gasteiger partial charge in [-0.05, 0) is 0 Å². The molecule has 0 aliphatic rings. The molecule has 0 aromatic rings. The van der Waals surface area contributed by atoms with Crippen molar-refractivity contribution in [3.05, 3.63) is 12.4 Å². The van der Waals surface area contributed by atoms with Crippen LogP contribution >= 0.6 is 0 Å². The number of hydrogen-bond acceptors (Lipinski definition) is 1. The van der Waals surface area contributed by atoms with Gasteiger partial charge < -0.3 is 0 Å². The lowest BCUT2D eigenvalue weighted by atomic mass is 10.7. The molecule has 0 spiro atoms. The van der Waals surface area contributed by atoms with E-state index in [1.807, 2.05) is 0 Å². The van der Waals surface area contributed by atoms with Crippen molar-refractivity contribution in [2.24, 2.45) is 0 Å². The van der Waals surface area contributed by atoms with Crippen molar-refractivity contribution in [1.29, 1.82) is 0 Å². The molecule has 0 heterocycles. The maximum atomic E-state index is 11.6. The average molecular weight is 122 g/mol. The zero-order valence-corrected chi connectivity index (χ0v) is 4.93. The van der Waals surface area contributed by atoms with Crippen molar-refractivity contribution < 1.29 is 8.60 Å². The molecule has 0 fully saturated rings. The molecule has 0 aromatic heterocycles. The molecule has 1 nitrogen and oxygen atoms in total. The lowest BCUT2D eigenvalue weighted by molar-refractivity contribution is 0.639. The molecule has 0 aliphatic carbocycles. The van der Waals surface area contributed by atoms with Crippen molar-refractivity contribution in [2.45, 2.75) is 0 Å². The molecule has 0 bridgehead atoms. The highest BCUT2D eigenvalue weighted by Gasteiger charge is 1.91. The summed E-state index contributed by atoms with van der Waals surface area (Å²) in [4.78, 5) is 0. The van der Waals surface area contributed by atoms with Crippen molar-refractivity contribution in [1.82, 2.24) is 0 Å². The Balaban J connectivity index is 3.32. The van der Waals surface area contributed by atoms with Crippen LogP contribution in [0.3, 0.4) is 0 Å². The van der Waals surface area contributed by atoms with Crippen LogP contribution in [0, 0.1) is 0 Å². The summed E-state index contributed by atoms with van der Waals surface area (Å²) in [6, 6.07) is 0. The van der Waals surface area contributed by atoms with E-state index in [0.29, 0.717) is 0 Å². The molecule has 1 atom stereocenters. The summed E-state index contributed by atoms with van der Waals surface area (Å²) >= 11 is 0. The van der Waals surface area contributed by atoms with Crippen LogP contribution in [-0.2, 0) is 10.8 Å². The van der Waals surface area contributed by atoms with E-state index < -0.39 is 16.6 Å². The third-order valence-electron chi connectivity index (χ3n) is 0.360. The number of halogens is 1. The Hall–Kier alpha value is -0.180. The molecule has 0 saturated heterocycles. The Morgan fingerprint density at radius 1 is 2.00 bits per heavy atom. The van der Waals surface area contributed by atoms with Crippen molar-refractivity contribution in [3.63, 3.8) is 0 Å². The lowest BCUT2D eigenvalue weighted by Gasteiger charge is -1.85. The predicted molar refractivity (Wildman–Crippen MR) is 29.2 cm³/mol. The third kappa shape index (κ3) is 5.82. The molecule has 1 unspecified atom stereocenters. The van der Waals surface area contributed by atoms with E-state index in [4.69, 9.17) is 0 Å². The standard InChI is InChI=1S/C4H7FOS/c1-4(5)3-7(2)6/h1,3H2,2H3. The normalized spacial score (nSPS) is 13.4. The first kappa shape index (κ1) is 6.82. The van der Waals surface area contributed by atoms with Crippen LogP contribution in [0.2, 0.25) is 0 Å². The maximum absolute atomic E-state index is 11.6. The van der Waals surface area contributed by atoms with E-state index in [9.17, 15) is 8.60 Å². The van der Waals surface area contributed by atoms with E-state index in [1.54, 1.807) is 0 Å². The third-order valence-corrected chi connectivity index (χ3v) is 1.08. The van der Waals surface area contributed by atoms with E-state index >= 15 is 0 Å². The molecule has 0 rings (SSSR count). The molecule has 0 N–H and O–H groups in total. The van der Waals surface area contributed by atoms with E-state index in [0.717, 1.165) is 0 Å². The van der Waals surface area contributed by atoms with Crippen LogP contribution in [0.5, 0.6) is 0 Å². The summed E-state index contributed by atoms with van der Waals surface area (Å²) in [5, 5.41) is 0. The Bertz CT molecular complexity index is 87.9. The van der Waals surface area contributed by atoms with Gasteiger partial charge in [0.05, 0.1) is 5.75 Å². The average Bonchev–Trinajstić information content (AvgIpc) is 1.27. The Morgan fingerprint density at radius 3 is 2.43 bits per heavy atom. The lowest BCUT2D eigenvalue weighted by Crippen LogP contribution is -1.91. The van der Waals surface area contributed by atoms with Crippen molar-refractivity contribution >= 4 is 10.8 Å². The summed E-state index contributed by atoms with van der Waals surface area (Å²) in [6.07, 6.45) is 1.44. The highest BCUT2D eigenvalue weighted by Crippen LogP contribution is 1.90. The van der Waals surface area contributed by atoms with Crippen molar-refractivity contribution in [3.8, 4) is 0 Å². The first-order chi connectivity index (χ1) is 3.13. The molecular formula is C4H7FOS. The molecule has 42 valence electrons. The van der Waals surface area contributed by atoms with Gasteiger partial charge >= 0.3 is 0 Å². The summed E-state index contributed by atoms with van der Waals surface area (Å²) in [6.45, 7) is 2.94. The number of rotatable bonds is 2. The molecule has 3 heteroatoms. The summed E-state index contributed by atoms with van der Waals surface area (Å²) in [7, 11) is -1.07. The molecule has 0 aromatic carbocycles. The summed E-state index contributed by atoms with van der Waals surface area (Å²) in [5.41, 5.74) is 0. The zero-order valence-electron chi connectivity index (χ0n) is 4.11. The van der Waals surface area contributed by atoms with Crippen LogP contribution in [0.1, 0.15) is 0 Å². The Morgan fingerprint density at radius 2 is 2.43 bits per heavy atom. The summed E-state index contributed by atoms with van der Waals surface area (Å²) in [5.74, 6) is -0.541. The molecule has 0 saturated carbocycles. The largest absolute Gasteiger partial charge is 0.259 e. The van der Waals surface area contributed by atoms with E-state index in [2.05, 4.69) is 6.58 Å². The van der Waals surface area contributed by atoms with Gasteiger partial charge in [0.1, 0.15) is 5.83 Å². The van der Waals surface area contributed by atoms with Gasteiger partial charge in [-0.3, -0.25) is 4.21 Å². The predicted octanol–water partition coefficient (Wildman–Crippen LogP) is 0.848. The zero-order chi connectivity index (χ0) is 5.86. The van der Waals surface area contributed by atoms with Gasteiger partial charge in [-0.15, -0.1) is 0 Å². The van der Waals surface area contributed by atoms with Crippen LogP contribution in [0.25, 0.3) is 0 Å². The van der Waals surface area contributed by atoms with Gasteiger partial charge in [-0.1, -0.05) is 6.58 Å². The molecule has 7 heavy (non-hydrogen) atoms. The molecule has 0 radical (unpaired) electrons. The SMILES string of the molecule is C=C(F)CS(C)=O. The first-order valence-corrected chi connectivity index (χ1v) is 3.49. The minimum Gasteiger partial charge on any atom is -0.259 e. The quantitative estimate of drug-likeness (QED) is 0.530. The second-order valence-electron chi connectivity index (χ2n) is 1.23. The van der Waals surface area contributed by atoms with Gasteiger partial charge in [-0.2, -0.15) is 0 Å². The van der Waals surface area contributed by atoms with Crippen LogP contribution < -0.4 is 0 Å². The monoisotopic (exact) mass is 122 g/mol. The highest BCUT2D eigenvalue weighted by atomic mass is 32.2. The smallest absolute Gasteiger partial charge is 0.105 e. The fraction of sp³-hybridized carbons (Fsp3) is 0.500. The van der Waals surface area contributed by atoms with Gasteiger partial charge in [0.25, 0.3) is 0 Å². The maximum Gasteiger partial charge on any atom is 0.105 e. The van der Waals surface area contributed by atoms with Gasteiger partial charge in [-0.25, -0.2) is 4.39 Å².